The van der Waals surface area contributed by atoms with Gasteiger partial charge < -0.3 is 5.32 Å². The fraction of sp³-hybridized carbons (Fsp3) is 0.611. The van der Waals surface area contributed by atoms with Crippen LogP contribution in [0.1, 0.15) is 54.9 Å². The summed E-state index contributed by atoms with van der Waals surface area (Å²) in [5.74, 6) is 0.255. The van der Waals surface area contributed by atoms with Gasteiger partial charge in [-0.1, -0.05) is 19.3 Å². The summed E-state index contributed by atoms with van der Waals surface area (Å²) in [4.78, 5) is 14.8. The van der Waals surface area contributed by atoms with Crippen molar-refractivity contribution in [3.63, 3.8) is 0 Å². The predicted octanol–water partition coefficient (Wildman–Crippen LogP) is 3.49. The lowest BCUT2D eigenvalue weighted by Crippen LogP contribution is -2.37. The number of carbonyl (C=O) groups is 1. The topological polar surface area (TPSA) is 32.3 Å². The van der Waals surface area contributed by atoms with Crippen molar-refractivity contribution in [1.82, 2.24) is 4.90 Å². The van der Waals surface area contributed by atoms with Gasteiger partial charge in [0.05, 0.1) is 6.54 Å². The summed E-state index contributed by atoms with van der Waals surface area (Å²) in [6, 6.07) is 7.20. The van der Waals surface area contributed by atoms with Gasteiger partial charge in [0.1, 0.15) is 0 Å². The van der Waals surface area contributed by atoms with Crippen LogP contribution < -0.4 is 5.32 Å². The first-order valence-corrected chi connectivity index (χ1v) is 8.26. The molecule has 2 aliphatic rings. The first kappa shape index (κ1) is 14.6. The van der Waals surface area contributed by atoms with Gasteiger partial charge in [-0.25, -0.2) is 0 Å². The van der Waals surface area contributed by atoms with Crippen molar-refractivity contribution in [3.05, 3.63) is 29.3 Å². The van der Waals surface area contributed by atoms with Crippen LogP contribution >= 0.6 is 0 Å². The van der Waals surface area contributed by atoms with Crippen molar-refractivity contribution < 1.29 is 4.79 Å². The molecule has 3 nitrogen and oxygen atoms in total. The van der Waals surface area contributed by atoms with Crippen molar-refractivity contribution in [2.45, 2.75) is 57.5 Å². The summed E-state index contributed by atoms with van der Waals surface area (Å²) >= 11 is 0. The molecular formula is C18H26N2O. The van der Waals surface area contributed by atoms with E-state index in [9.17, 15) is 4.79 Å². The minimum Gasteiger partial charge on any atom is -0.382 e. The molecule has 3 heteroatoms. The number of benzene rings is 1. The number of fused-ring (bicyclic) bond motifs is 1. The van der Waals surface area contributed by atoms with Crippen LogP contribution in [0.4, 0.5) is 5.69 Å². The van der Waals surface area contributed by atoms with Crippen molar-refractivity contribution >= 4 is 11.5 Å². The highest BCUT2D eigenvalue weighted by molar-refractivity contribution is 5.98. The average molecular weight is 286 g/mol. The Bertz CT molecular complexity index is 520. The summed E-state index contributed by atoms with van der Waals surface area (Å²) < 4.78 is 0. The van der Waals surface area contributed by atoms with E-state index >= 15 is 0 Å². The first-order chi connectivity index (χ1) is 10.1. The molecule has 1 unspecified atom stereocenters. The number of Topliss-reactive ketones (excluding diaryl/α,β-unsaturated/α-hetero) is 1. The second-order valence-corrected chi connectivity index (χ2v) is 6.75. The van der Waals surface area contributed by atoms with Crippen LogP contribution in [0.3, 0.4) is 0 Å². The lowest BCUT2D eigenvalue weighted by Gasteiger charge is -2.30. The van der Waals surface area contributed by atoms with Gasteiger partial charge in [0, 0.05) is 23.3 Å². The molecule has 1 aliphatic carbocycles. The Labute approximate surface area is 127 Å². The van der Waals surface area contributed by atoms with E-state index in [1.807, 2.05) is 6.07 Å². The Morgan fingerprint density at radius 2 is 2.05 bits per heavy atom. The highest BCUT2D eigenvalue weighted by atomic mass is 16.1. The van der Waals surface area contributed by atoms with E-state index in [1.54, 1.807) is 0 Å². The monoisotopic (exact) mass is 286 g/mol. The summed E-state index contributed by atoms with van der Waals surface area (Å²) in [6.45, 7) is 2.73. The van der Waals surface area contributed by atoms with Gasteiger partial charge in [-0.2, -0.15) is 0 Å². The van der Waals surface area contributed by atoms with Crippen molar-refractivity contribution in [2.24, 2.45) is 0 Å². The predicted molar refractivity (Wildman–Crippen MR) is 87.1 cm³/mol. The number of nitrogens with zero attached hydrogens (tertiary/aromatic N) is 1. The molecule has 0 radical (unpaired) electrons. The van der Waals surface area contributed by atoms with Crippen LogP contribution in [0.25, 0.3) is 0 Å². The maximum absolute atomic E-state index is 12.5. The third-order valence-electron chi connectivity index (χ3n) is 4.95. The molecule has 1 aliphatic heterocycles. The summed E-state index contributed by atoms with van der Waals surface area (Å²) in [5.41, 5.74) is 3.35. The van der Waals surface area contributed by atoms with E-state index in [2.05, 4.69) is 36.3 Å². The van der Waals surface area contributed by atoms with E-state index in [1.165, 1.54) is 43.4 Å². The molecule has 114 valence electrons. The molecule has 1 fully saturated rings. The molecule has 0 aromatic heterocycles. The van der Waals surface area contributed by atoms with Crippen LogP contribution in [0.2, 0.25) is 0 Å². The number of hydrogen-bond donors (Lipinski definition) is 1. The van der Waals surface area contributed by atoms with Gasteiger partial charge in [-0.15, -0.1) is 0 Å². The molecule has 1 aromatic carbocycles. The smallest absolute Gasteiger partial charge is 0.176 e. The second-order valence-electron chi connectivity index (χ2n) is 6.75. The lowest BCUT2D eigenvalue weighted by atomic mass is 9.94. The molecule has 1 N–H and O–H groups in total. The lowest BCUT2D eigenvalue weighted by molar-refractivity contribution is 0.0899. The van der Waals surface area contributed by atoms with Crippen molar-refractivity contribution in [3.8, 4) is 0 Å². The molecule has 1 atom stereocenters. The second kappa shape index (κ2) is 6.18. The Balaban J connectivity index is 1.64. The number of ketones is 1. The van der Waals surface area contributed by atoms with Gasteiger partial charge >= 0.3 is 0 Å². The summed E-state index contributed by atoms with van der Waals surface area (Å²) in [7, 11) is 2.10. The third-order valence-corrected chi connectivity index (χ3v) is 4.95. The number of carbonyl (C=O) groups excluding carboxylic acids is 1. The van der Waals surface area contributed by atoms with E-state index in [0.29, 0.717) is 18.6 Å². The van der Waals surface area contributed by atoms with Gasteiger partial charge in [0.15, 0.2) is 5.78 Å². The minimum absolute atomic E-state index is 0.255. The zero-order valence-corrected chi connectivity index (χ0v) is 13.2. The zero-order chi connectivity index (χ0) is 14.8. The molecule has 0 saturated heterocycles. The van der Waals surface area contributed by atoms with Crippen LogP contribution in [-0.4, -0.2) is 36.4 Å². The maximum Gasteiger partial charge on any atom is 0.176 e. The molecule has 1 heterocycles. The highest BCUT2D eigenvalue weighted by Gasteiger charge is 2.22. The van der Waals surface area contributed by atoms with Crippen molar-refractivity contribution in [2.75, 3.05) is 18.9 Å². The Hall–Kier alpha value is -1.35. The molecule has 0 amide bonds. The average Bonchev–Trinajstić information content (AvgIpc) is 2.87. The molecule has 21 heavy (non-hydrogen) atoms. The largest absolute Gasteiger partial charge is 0.382 e. The van der Waals surface area contributed by atoms with Crippen LogP contribution in [-0.2, 0) is 6.42 Å². The van der Waals surface area contributed by atoms with E-state index in [4.69, 9.17) is 0 Å². The van der Waals surface area contributed by atoms with E-state index in [-0.39, 0.29) is 5.78 Å². The fourth-order valence-corrected chi connectivity index (χ4v) is 3.69. The molecule has 1 saturated carbocycles. The number of rotatable bonds is 4. The molecule has 1 aromatic rings. The van der Waals surface area contributed by atoms with E-state index < -0.39 is 0 Å². The summed E-state index contributed by atoms with van der Waals surface area (Å²) in [6.07, 6.45) is 7.49. The van der Waals surface area contributed by atoms with Crippen LogP contribution in [0.15, 0.2) is 18.2 Å². The first-order valence-electron chi connectivity index (χ1n) is 8.26. The Morgan fingerprint density at radius 1 is 1.29 bits per heavy atom. The van der Waals surface area contributed by atoms with Crippen LogP contribution in [0, 0.1) is 0 Å². The zero-order valence-electron chi connectivity index (χ0n) is 13.2. The number of anilines is 1. The number of hydrogen-bond acceptors (Lipinski definition) is 3. The highest BCUT2D eigenvalue weighted by Crippen LogP contribution is 2.27. The number of nitrogens with one attached hydrogen (secondary N) is 1. The van der Waals surface area contributed by atoms with Gasteiger partial charge in [0.25, 0.3) is 0 Å². The molecule has 3 rings (SSSR count). The fourth-order valence-electron chi connectivity index (χ4n) is 3.69. The standard InChI is InChI=1S/C18H26N2O/c1-13-10-15-11-14(8-9-17(15)19-13)18(21)12-20(2)16-6-4-3-5-7-16/h8-9,11,13,16,19H,3-7,10,12H2,1-2H3. The Kier molecular flexibility index (Phi) is 4.29. The van der Waals surface area contributed by atoms with Gasteiger partial charge in [0.2, 0.25) is 0 Å². The molecule has 0 spiro atoms. The quantitative estimate of drug-likeness (QED) is 0.860. The maximum atomic E-state index is 12.5. The third kappa shape index (κ3) is 3.29. The molecular weight excluding hydrogens is 260 g/mol. The van der Waals surface area contributed by atoms with E-state index in [0.717, 1.165) is 12.0 Å². The summed E-state index contributed by atoms with van der Waals surface area (Å²) in [5, 5.41) is 3.43. The van der Waals surface area contributed by atoms with Gasteiger partial charge in [-0.3, -0.25) is 9.69 Å². The van der Waals surface area contributed by atoms with Crippen LogP contribution in [0.5, 0.6) is 0 Å². The minimum atomic E-state index is 0.255. The van der Waals surface area contributed by atoms with Gasteiger partial charge in [-0.05, 0) is 57.0 Å². The Morgan fingerprint density at radius 3 is 2.81 bits per heavy atom. The normalized spacial score (nSPS) is 22.1. The SMILES string of the molecule is CC1Cc2cc(C(=O)CN(C)C3CCCCC3)ccc2N1. The van der Waals surface area contributed by atoms with Crippen molar-refractivity contribution in [1.29, 1.82) is 0 Å². The molecule has 0 bridgehead atoms. The number of likely N-dealkylation sites (N-methyl/N-ethyl adjacent to an activating group) is 1.